The Labute approximate surface area is 317 Å². The molecule has 0 N–H and O–H groups in total. The molecule has 3 heteroatoms. The van der Waals surface area contributed by atoms with Crippen molar-refractivity contribution in [2.75, 3.05) is 0 Å². The van der Waals surface area contributed by atoms with E-state index in [0.717, 1.165) is 43.4 Å². The van der Waals surface area contributed by atoms with Crippen molar-refractivity contribution < 1.29 is 15.1 Å². The van der Waals surface area contributed by atoms with Gasteiger partial charge in [-0.2, -0.15) is 0 Å². The van der Waals surface area contributed by atoms with Crippen LogP contribution >= 0.6 is 0 Å². The van der Waals surface area contributed by atoms with E-state index in [1.54, 1.807) is 24.3 Å². The van der Waals surface area contributed by atoms with Crippen LogP contribution < -0.4 is 0 Å². The molecular formula is C49H31N3. The Kier molecular flexibility index (Phi) is 4.93. The summed E-state index contributed by atoms with van der Waals surface area (Å²) in [6.45, 7) is 0. The van der Waals surface area contributed by atoms with E-state index in [-0.39, 0.29) is 21.9 Å². The number of aromatic nitrogens is 3. The van der Waals surface area contributed by atoms with Gasteiger partial charge in [-0.3, -0.25) is 0 Å². The van der Waals surface area contributed by atoms with Crippen LogP contribution in [0.25, 0.3) is 99.5 Å². The van der Waals surface area contributed by atoms with Crippen molar-refractivity contribution in [2.24, 2.45) is 0 Å². The summed E-state index contributed by atoms with van der Waals surface area (Å²) in [6, 6.07) is 32.5. The van der Waals surface area contributed by atoms with Crippen molar-refractivity contribution >= 4 is 43.1 Å². The third-order valence-corrected chi connectivity index (χ3v) is 9.25. The second kappa shape index (κ2) is 12.4. The highest BCUT2D eigenvalue weighted by molar-refractivity contribution is 6.13. The molecule has 0 saturated carbocycles. The first-order valence-electron chi connectivity index (χ1n) is 22.2. The third-order valence-electron chi connectivity index (χ3n) is 9.25. The minimum Gasteiger partial charge on any atom is -0.208 e. The summed E-state index contributed by atoms with van der Waals surface area (Å²) in [5.41, 5.74) is 1.50. The zero-order valence-corrected chi connectivity index (χ0v) is 27.4. The highest BCUT2D eigenvalue weighted by Crippen LogP contribution is 2.36. The van der Waals surface area contributed by atoms with E-state index in [1.807, 2.05) is 72.8 Å². The molecule has 0 bridgehead atoms. The van der Waals surface area contributed by atoms with E-state index in [9.17, 15) is 5.48 Å². The summed E-state index contributed by atoms with van der Waals surface area (Å²) in [4.78, 5) is 15.1. The topological polar surface area (TPSA) is 38.7 Å². The quantitative estimate of drug-likeness (QED) is 0.171. The van der Waals surface area contributed by atoms with Crippen LogP contribution in [0.15, 0.2) is 188 Å². The van der Waals surface area contributed by atoms with Gasteiger partial charge in [-0.05, 0) is 72.1 Å². The Morgan fingerprint density at radius 3 is 1.85 bits per heavy atom. The molecule has 0 saturated heterocycles. The van der Waals surface area contributed by atoms with E-state index in [0.29, 0.717) is 28.6 Å². The zero-order chi connectivity index (χ0) is 44.0. The standard InChI is InChI=1S/C49H31N3/c1-2-13-38-31-41(29-24-32(38)10-1)48-50-47(51-49(52-48)45-21-9-15-37-28-27-35-12-4-6-19-44(35)46(37)45)40-17-7-16-39(30-40)33-22-25-36(26-23-33)43-20-8-14-34-11-3-5-18-42(34)43/h1-31H/i3D,5D,8D,11D,14D,18D,20D,22D,23D,25D,26D. The molecule has 1 heterocycles. The van der Waals surface area contributed by atoms with Gasteiger partial charge in [0.1, 0.15) is 0 Å². The van der Waals surface area contributed by atoms with E-state index in [2.05, 4.69) is 24.3 Å². The molecule has 0 fully saturated rings. The SMILES string of the molecule is [2H]c1c([2H])c(-c2c([2H])c([2H])c([2H])c3c([2H])c([2H])c([2H])c([2H])c23)c([2H])c([2H])c1-c1cccc(-c2nc(-c3ccc4ccccc4c3)nc(-c3cccc4ccc5ccccc5c34)n2)c1. The molecule has 3 nitrogen and oxygen atoms in total. The van der Waals surface area contributed by atoms with Crippen LogP contribution in [-0.4, -0.2) is 15.0 Å². The van der Waals surface area contributed by atoms with E-state index in [4.69, 9.17) is 24.5 Å². The van der Waals surface area contributed by atoms with Crippen molar-refractivity contribution in [1.29, 1.82) is 0 Å². The van der Waals surface area contributed by atoms with Crippen LogP contribution in [0.4, 0.5) is 0 Å². The third kappa shape index (κ3) is 5.28. The molecule has 0 aliphatic carbocycles. The van der Waals surface area contributed by atoms with Gasteiger partial charge in [0.2, 0.25) is 0 Å². The highest BCUT2D eigenvalue weighted by Gasteiger charge is 2.16. The summed E-state index contributed by atoms with van der Waals surface area (Å²) in [7, 11) is 0. The molecule has 242 valence electrons. The molecule has 0 unspecified atom stereocenters. The van der Waals surface area contributed by atoms with Gasteiger partial charge in [0.05, 0.1) is 15.1 Å². The Hall–Kier alpha value is -6.97. The molecular weight excluding hydrogens is 631 g/mol. The number of fused-ring (bicyclic) bond motifs is 5. The van der Waals surface area contributed by atoms with Crippen LogP contribution in [0.1, 0.15) is 15.1 Å². The largest absolute Gasteiger partial charge is 0.208 e. The van der Waals surface area contributed by atoms with Gasteiger partial charge in [-0.25, -0.2) is 15.0 Å². The Morgan fingerprint density at radius 2 is 0.962 bits per heavy atom. The maximum Gasteiger partial charge on any atom is 0.164 e. The van der Waals surface area contributed by atoms with E-state index >= 15 is 0 Å². The molecule has 0 aliphatic heterocycles. The van der Waals surface area contributed by atoms with Gasteiger partial charge >= 0.3 is 0 Å². The summed E-state index contributed by atoms with van der Waals surface area (Å²) in [6.07, 6.45) is 0. The number of hydrogen-bond donors (Lipinski definition) is 0. The van der Waals surface area contributed by atoms with Gasteiger partial charge in [0, 0.05) is 22.1 Å². The summed E-state index contributed by atoms with van der Waals surface area (Å²) < 4.78 is 96.5. The Balaban J connectivity index is 1.18. The minimum absolute atomic E-state index is 0.0684. The lowest BCUT2D eigenvalue weighted by Crippen LogP contribution is -2.01. The van der Waals surface area contributed by atoms with E-state index < -0.39 is 72.0 Å². The molecule has 1 aromatic heterocycles. The number of hydrogen-bond acceptors (Lipinski definition) is 3. The molecule has 0 atom stereocenters. The fourth-order valence-electron chi connectivity index (χ4n) is 6.72. The first kappa shape index (κ1) is 20.6. The minimum atomic E-state index is -0.673. The summed E-state index contributed by atoms with van der Waals surface area (Å²) >= 11 is 0. The molecule has 10 rings (SSSR count). The van der Waals surface area contributed by atoms with Gasteiger partial charge in [-0.15, -0.1) is 0 Å². The predicted octanol–water partition coefficient (Wildman–Crippen LogP) is 12.8. The van der Waals surface area contributed by atoms with Gasteiger partial charge in [0.15, 0.2) is 17.5 Å². The fraction of sp³-hybridized carbons (Fsp3) is 0. The second-order valence-corrected chi connectivity index (χ2v) is 12.4. The summed E-state index contributed by atoms with van der Waals surface area (Å²) in [5, 5.41) is 5.47. The predicted molar refractivity (Wildman–Crippen MR) is 217 cm³/mol. The van der Waals surface area contributed by atoms with Gasteiger partial charge in [0.25, 0.3) is 0 Å². The van der Waals surface area contributed by atoms with Crippen molar-refractivity contribution in [3.05, 3.63) is 188 Å². The smallest absolute Gasteiger partial charge is 0.164 e. The second-order valence-electron chi connectivity index (χ2n) is 12.4. The molecule has 52 heavy (non-hydrogen) atoms. The lowest BCUT2D eigenvalue weighted by Gasteiger charge is -2.13. The van der Waals surface area contributed by atoms with Crippen LogP contribution in [0, 0.1) is 0 Å². The number of nitrogens with zero attached hydrogens (tertiary/aromatic N) is 3. The van der Waals surface area contributed by atoms with Crippen molar-refractivity contribution in [2.45, 2.75) is 0 Å². The van der Waals surface area contributed by atoms with Crippen LogP contribution in [-0.2, 0) is 0 Å². The molecule has 0 radical (unpaired) electrons. The maximum atomic E-state index is 9.26. The van der Waals surface area contributed by atoms with E-state index in [1.165, 1.54) is 0 Å². The fourth-order valence-corrected chi connectivity index (χ4v) is 6.72. The highest BCUT2D eigenvalue weighted by atomic mass is 15.0. The zero-order valence-electron chi connectivity index (χ0n) is 38.4. The van der Waals surface area contributed by atoms with Crippen molar-refractivity contribution in [3.8, 4) is 56.4 Å². The number of benzene rings is 9. The van der Waals surface area contributed by atoms with Crippen molar-refractivity contribution in [3.63, 3.8) is 0 Å². The van der Waals surface area contributed by atoms with Crippen molar-refractivity contribution in [1.82, 2.24) is 15.0 Å². The van der Waals surface area contributed by atoms with Gasteiger partial charge in [-0.1, -0.05) is 176 Å². The molecule has 9 aromatic carbocycles. The first-order chi connectivity index (χ1) is 30.3. The average Bonchev–Trinajstić information content (AvgIpc) is 3.31. The Bertz CT molecular complexity index is 3570. The maximum absolute atomic E-state index is 9.26. The van der Waals surface area contributed by atoms with Crippen LogP contribution in [0.5, 0.6) is 0 Å². The lowest BCUT2D eigenvalue weighted by atomic mass is 9.95. The monoisotopic (exact) mass is 672 g/mol. The Morgan fingerprint density at radius 1 is 0.327 bits per heavy atom. The first-order valence-corrected chi connectivity index (χ1v) is 16.7. The molecule has 0 amide bonds. The normalized spacial score (nSPS) is 14.4. The molecule has 0 spiro atoms. The summed E-state index contributed by atoms with van der Waals surface area (Å²) in [5.74, 6) is 1.14. The van der Waals surface area contributed by atoms with Gasteiger partial charge < -0.3 is 0 Å². The lowest BCUT2D eigenvalue weighted by molar-refractivity contribution is 1.08. The molecule has 10 aromatic rings. The number of rotatable bonds is 5. The molecule has 0 aliphatic rings. The van der Waals surface area contributed by atoms with Crippen LogP contribution in [0.3, 0.4) is 0 Å². The average molecular weight is 673 g/mol. The van der Waals surface area contributed by atoms with Crippen LogP contribution in [0.2, 0.25) is 0 Å².